The molecule has 2 aliphatic heterocycles. The van der Waals surface area contributed by atoms with Gasteiger partial charge in [-0.15, -0.1) is 23.1 Å². The minimum atomic E-state index is -0.280. The van der Waals surface area contributed by atoms with Crippen LogP contribution in [0.3, 0.4) is 0 Å². The molecule has 1 aromatic heterocycles. The zero-order valence-electron chi connectivity index (χ0n) is 13.8. The number of thioether (sulfide) groups is 1. The van der Waals surface area contributed by atoms with E-state index in [4.69, 9.17) is 0 Å². The molecule has 3 heterocycles. The number of nitrogens with zero attached hydrogens (tertiary/aromatic N) is 2. The van der Waals surface area contributed by atoms with Crippen LogP contribution in [0.1, 0.15) is 46.3 Å². The van der Waals surface area contributed by atoms with Gasteiger partial charge in [-0.2, -0.15) is 0 Å². The number of hydrogen-bond acceptors (Lipinski definition) is 4. The van der Waals surface area contributed by atoms with Gasteiger partial charge in [0, 0.05) is 23.7 Å². The van der Waals surface area contributed by atoms with E-state index in [1.54, 1.807) is 28.0 Å². The maximum atomic E-state index is 12.9. The lowest BCUT2D eigenvalue weighted by molar-refractivity contribution is -0.135. The third kappa shape index (κ3) is 3.43. The maximum absolute atomic E-state index is 12.9. The summed E-state index contributed by atoms with van der Waals surface area (Å²) in [5.74, 6) is 1.53. The van der Waals surface area contributed by atoms with Gasteiger partial charge in [0.15, 0.2) is 0 Å². The highest BCUT2D eigenvalue weighted by molar-refractivity contribution is 7.99. The average Bonchev–Trinajstić information content (AvgIpc) is 3.20. The number of thiophene rings is 1. The fraction of sp³-hybridized carbons (Fsp3) is 0.647. The van der Waals surface area contributed by atoms with Gasteiger partial charge in [0.05, 0.1) is 10.8 Å². The van der Waals surface area contributed by atoms with Gasteiger partial charge in [-0.25, -0.2) is 0 Å². The van der Waals surface area contributed by atoms with Gasteiger partial charge >= 0.3 is 0 Å². The third-order valence-corrected chi connectivity index (χ3v) is 6.80. The minimum absolute atomic E-state index is 0.0261. The highest BCUT2D eigenvalue weighted by Gasteiger charge is 2.38. The Morgan fingerprint density at radius 3 is 2.65 bits per heavy atom. The van der Waals surface area contributed by atoms with Crippen molar-refractivity contribution < 1.29 is 9.59 Å². The van der Waals surface area contributed by atoms with Crippen molar-refractivity contribution in [2.75, 3.05) is 24.7 Å². The summed E-state index contributed by atoms with van der Waals surface area (Å²) in [5, 5.41) is 0. The SMILES string of the molecule is CCc1cc(C(=O)N2CSCC2C(=O)N2CCCCC2)sc1C. The van der Waals surface area contributed by atoms with Crippen LogP contribution >= 0.6 is 23.1 Å². The summed E-state index contributed by atoms with van der Waals surface area (Å²) in [5.41, 5.74) is 1.24. The van der Waals surface area contributed by atoms with E-state index < -0.39 is 0 Å². The van der Waals surface area contributed by atoms with E-state index in [9.17, 15) is 9.59 Å². The predicted molar refractivity (Wildman–Crippen MR) is 96.1 cm³/mol. The summed E-state index contributed by atoms with van der Waals surface area (Å²) in [6.07, 6.45) is 4.33. The zero-order valence-corrected chi connectivity index (χ0v) is 15.5. The molecule has 23 heavy (non-hydrogen) atoms. The molecular formula is C17H24N2O2S2. The largest absolute Gasteiger partial charge is 0.341 e. The van der Waals surface area contributed by atoms with E-state index in [0.29, 0.717) is 5.88 Å². The second-order valence-electron chi connectivity index (χ2n) is 6.22. The molecule has 1 aromatic rings. The predicted octanol–water partition coefficient (Wildman–Crippen LogP) is 3.15. The molecule has 0 aromatic carbocycles. The number of amides is 2. The first-order valence-corrected chi connectivity index (χ1v) is 10.4. The van der Waals surface area contributed by atoms with Crippen LogP contribution in [0.25, 0.3) is 0 Å². The number of carbonyl (C=O) groups excluding carboxylic acids is 2. The maximum Gasteiger partial charge on any atom is 0.265 e. The fourth-order valence-electron chi connectivity index (χ4n) is 3.29. The van der Waals surface area contributed by atoms with Crippen molar-refractivity contribution in [1.82, 2.24) is 9.80 Å². The van der Waals surface area contributed by atoms with Crippen molar-refractivity contribution in [2.45, 2.75) is 45.6 Å². The number of likely N-dealkylation sites (tertiary alicyclic amines) is 1. The van der Waals surface area contributed by atoms with Gasteiger partial charge in [0.25, 0.3) is 5.91 Å². The highest BCUT2D eigenvalue weighted by atomic mass is 32.2. The number of aryl methyl sites for hydroxylation is 2. The molecule has 2 fully saturated rings. The van der Waals surface area contributed by atoms with Gasteiger partial charge in [-0.05, 0) is 44.2 Å². The van der Waals surface area contributed by atoms with Gasteiger partial charge in [-0.3, -0.25) is 9.59 Å². The van der Waals surface area contributed by atoms with Crippen LogP contribution in [0.15, 0.2) is 6.07 Å². The van der Waals surface area contributed by atoms with Gasteiger partial charge in [-0.1, -0.05) is 6.92 Å². The van der Waals surface area contributed by atoms with Crippen molar-refractivity contribution in [3.8, 4) is 0 Å². The topological polar surface area (TPSA) is 40.6 Å². The lowest BCUT2D eigenvalue weighted by Gasteiger charge is -2.32. The molecule has 0 saturated carbocycles. The van der Waals surface area contributed by atoms with E-state index >= 15 is 0 Å². The Morgan fingerprint density at radius 2 is 2.00 bits per heavy atom. The Kier molecular flexibility index (Phi) is 5.31. The highest BCUT2D eigenvalue weighted by Crippen LogP contribution is 2.29. The van der Waals surface area contributed by atoms with Gasteiger partial charge in [0.1, 0.15) is 6.04 Å². The Hall–Kier alpha value is -1.01. The summed E-state index contributed by atoms with van der Waals surface area (Å²) >= 11 is 3.24. The van der Waals surface area contributed by atoms with Crippen molar-refractivity contribution in [3.63, 3.8) is 0 Å². The smallest absolute Gasteiger partial charge is 0.265 e. The number of piperidine rings is 1. The van der Waals surface area contributed by atoms with E-state index in [0.717, 1.165) is 43.0 Å². The number of carbonyl (C=O) groups is 2. The van der Waals surface area contributed by atoms with Crippen LogP contribution in [0, 0.1) is 6.92 Å². The molecular weight excluding hydrogens is 328 g/mol. The summed E-state index contributed by atoms with van der Waals surface area (Å²) in [6, 6.07) is 1.73. The summed E-state index contributed by atoms with van der Waals surface area (Å²) in [6.45, 7) is 5.87. The molecule has 0 N–H and O–H groups in total. The van der Waals surface area contributed by atoms with Crippen molar-refractivity contribution in [3.05, 3.63) is 21.4 Å². The Balaban J connectivity index is 1.74. The monoisotopic (exact) mass is 352 g/mol. The first-order valence-electron chi connectivity index (χ1n) is 8.38. The Labute approximate surface area is 146 Å². The summed E-state index contributed by atoms with van der Waals surface area (Å²) in [7, 11) is 0. The molecule has 2 amide bonds. The molecule has 0 spiro atoms. The minimum Gasteiger partial charge on any atom is -0.341 e. The van der Waals surface area contributed by atoms with Crippen LogP contribution in [0.2, 0.25) is 0 Å². The molecule has 0 bridgehead atoms. The normalized spacial score (nSPS) is 21.7. The third-order valence-electron chi connectivity index (χ3n) is 4.71. The Bertz CT molecular complexity index is 593. The lowest BCUT2D eigenvalue weighted by atomic mass is 10.1. The first-order chi connectivity index (χ1) is 11.1. The van der Waals surface area contributed by atoms with Crippen LogP contribution in [-0.2, 0) is 11.2 Å². The van der Waals surface area contributed by atoms with E-state index in [-0.39, 0.29) is 17.9 Å². The number of hydrogen-bond donors (Lipinski definition) is 0. The molecule has 2 saturated heterocycles. The molecule has 0 aliphatic carbocycles. The second kappa shape index (κ2) is 7.26. The fourth-order valence-corrected chi connectivity index (χ4v) is 5.51. The molecule has 1 atom stereocenters. The Morgan fingerprint density at radius 1 is 1.26 bits per heavy atom. The van der Waals surface area contributed by atoms with Crippen molar-refractivity contribution >= 4 is 34.9 Å². The van der Waals surface area contributed by atoms with Crippen LogP contribution in [-0.4, -0.2) is 52.4 Å². The van der Waals surface area contributed by atoms with Crippen molar-refractivity contribution in [2.24, 2.45) is 0 Å². The molecule has 6 heteroatoms. The number of rotatable bonds is 3. The van der Waals surface area contributed by atoms with Crippen LogP contribution in [0.4, 0.5) is 0 Å². The lowest BCUT2D eigenvalue weighted by Crippen LogP contribution is -2.50. The second-order valence-corrected chi connectivity index (χ2v) is 8.48. The molecule has 1 unspecified atom stereocenters. The summed E-state index contributed by atoms with van der Waals surface area (Å²) in [4.78, 5) is 31.4. The van der Waals surface area contributed by atoms with Crippen LogP contribution in [0.5, 0.6) is 0 Å². The zero-order chi connectivity index (χ0) is 16.4. The molecule has 126 valence electrons. The summed E-state index contributed by atoms with van der Waals surface area (Å²) < 4.78 is 0. The average molecular weight is 353 g/mol. The molecule has 3 rings (SSSR count). The quantitative estimate of drug-likeness (QED) is 0.839. The molecule has 4 nitrogen and oxygen atoms in total. The van der Waals surface area contributed by atoms with E-state index in [2.05, 4.69) is 13.8 Å². The standard InChI is InChI=1S/C17H24N2O2S2/c1-3-13-9-15(23-12(13)2)17(21)19-11-22-10-14(19)16(20)18-7-5-4-6-8-18/h9,14H,3-8,10-11H2,1-2H3. The van der Waals surface area contributed by atoms with Crippen LogP contribution < -0.4 is 0 Å². The molecule has 2 aliphatic rings. The van der Waals surface area contributed by atoms with Crippen molar-refractivity contribution in [1.29, 1.82) is 0 Å². The molecule has 0 radical (unpaired) electrons. The van der Waals surface area contributed by atoms with Gasteiger partial charge in [0.2, 0.25) is 5.91 Å². The van der Waals surface area contributed by atoms with E-state index in [1.165, 1.54) is 16.9 Å². The first kappa shape index (κ1) is 16.8. The van der Waals surface area contributed by atoms with Gasteiger partial charge < -0.3 is 9.80 Å². The van der Waals surface area contributed by atoms with E-state index in [1.807, 2.05) is 11.0 Å².